The lowest BCUT2D eigenvalue weighted by Crippen LogP contribution is -2.29. The molecule has 0 radical (unpaired) electrons. The maximum absolute atomic E-state index is 12.4. The summed E-state index contributed by atoms with van der Waals surface area (Å²) in [5.74, 6) is -0.405. The molecule has 20 heavy (non-hydrogen) atoms. The van der Waals surface area contributed by atoms with E-state index in [1.54, 1.807) is 16.7 Å². The average Bonchev–Trinajstić information content (AvgIpc) is 2.81. The van der Waals surface area contributed by atoms with E-state index in [2.05, 4.69) is 0 Å². The van der Waals surface area contributed by atoms with Crippen molar-refractivity contribution >= 4 is 23.6 Å². The van der Waals surface area contributed by atoms with Gasteiger partial charge in [0.25, 0.3) is 5.91 Å². The van der Waals surface area contributed by atoms with Crippen molar-refractivity contribution < 1.29 is 14.7 Å². The van der Waals surface area contributed by atoms with Gasteiger partial charge in [0.15, 0.2) is 0 Å². The van der Waals surface area contributed by atoms with Crippen LogP contribution in [-0.2, 0) is 10.5 Å². The maximum atomic E-state index is 12.4. The normalized spacial score (nSPS) is 22.0. The van der Waals surface area contributed by atoms with Gasteiger partial charge in [-0.1, -0.05) is 19.1 Å². The third kappa shape index (κ3) is 3.15. The number of hydrogen-bond donors (Lipinski definition) is 1. The summed E-state index contributed by atoms with van der Waals surface area (Å²) in [5, 5.41) is 9.11. The number of aliphatic carboxylic acids is 1. The van der Waals surface area contributed by atoms with Crippen LogP contribution in [0.25, 0.3) is 0 Å². The second-order valence-corrected chi connectivity index (χ2v) is 6.13. The molecule has 2 atom stereocenters. The molecule has 0 aliphatic carbocycles. The molecule has 0 unspecified atom stereocenters. The maximum Gasteiger partial charge on any atom is 0.308 e. The van der Waals surface area contributed by atoms with E-state index in [0.717, 1.165) is 5.75 Å². The summed E-state index contributed by atoms with van der Waals surface area (Å²) in [5.41, 5.74) is 1.82. The minimum Gasteiger partial charge on any atom is -0.481 e. The molecule has 1 N–H and O–H groups in total. The van der Waals surface area contributed by atoms with Gasteiger partial charge in [0.2, 0.25) is 0 Å². The molecule has 1 saturated heterocycles. The molecule has 1 aliphatic heterocycles. The predicted molar refractivity (Wildman–Crippen MR) is 79.9 cm³/mol. The van der Waals surface area contributed by atoms with Gasteiger partial charge in [0, 0.05) is 24.4 Å². The first-order valence-electron chi connectivity index (χ1n) is 6.63. The van der Waals surface area contributed by atoms with E-state index in [4.69, 9.17) is 5.11 Å². The Labute approximate surface area is 123 Å². The highest BCUT2D eigenvalue weighted by molar-refractivity contribution is 7.97. The van der Waals surface area contributed by atoms with E-state index in [1.165, 1.54) is 5.56 Å². The number of amides is 1. The second-order valence-electron chi connectivity index (χ2n) is 5.26. The lowest BCUT2D eigenvalue weighted by Gasteiger charge is -2.16. The van der Waals surface area contributed by atoms with Gasteiger partial charge in [-0.3, -0.25) is 9.59 Å². The summed E-state index contributed by atoms with van der Waals surface area (Å²) in [6, 6.07) is 7.56. The quantitative estimate of drug-likeness (QED) is 0.925. The molecule has 1 aromatic carbocycles. The van der Waals surface area contributed by atoms with Crippen molar-refractivity contribution in [3.63, 3.8) is 0 Å². The molecule has 0 saturated carbocycles. The van der Waals surface area contributed by atoms with Crippen LogP contribution in [-0.4, -0.2) is 41.2 Å². The molecule has 0 spiro atoms. The smallest absolute Gasteiger partial charge is 0.308 e. The summed E-state index contributed by atoms with van der Waals surface area (Å²) < 4.78 is 0. The molecule has 1 heterocycles. The molecule has 108 valence electrons. The lowest BCUT2D eigenvalue weighted by atomic mass is 9.99. The third-order valence-corrected chi connectivity index (χ3v) is 4.35. The molecule has 0 aromatic heterocycles. The summed E-state index contributed by atoms with van der Waals surface area (Å²) in [6.45, 7) is 2.71. The Bertz CT molecular complexity index is 500. The molecule has 1 aliphatic rings. The number of carbonyl (C=O) groups excluding carboxylic acids is 1. The fourth-order valence-corrected chi connectivity index (χ4v) is 3.07. The van der Waals surface area contributed by atoms with Crippen LogP contribution < -0.4 is 0 Å². The summed E-state index contributed by atoms with van der Waals surface area (Å²) >= 11 is 1.74. The lowest BCUT2D eigenvalue weighted by molar-refractivity contribution is -0.142. The number of rotatable bonds is 4. The Kier molecular flexibility index (Phi) is 4.70. The molecule has 1 fully saturated rings. The first-order valence-corrected chi connectivity index (χ1v) is 8.02. The zero-order valence-electron chi connectivity index (χ0n) is 11.7. The monoisotopic (exact) mass is 293 g/mol. The van der Waals surface area contributed by atoms with Gasteiger partial charge < -0.3 is 10.0 Å². The molecule has 2 rings (SSSR count). The van der Waals surface area contributed by atoms with Crippen LogP contribution in [0.3, 0.4) is 0 Å². The van der Waals surface area contributed by atoms with Crippen molar-refractivity contribution in [2.75, 3.05) is 19.3 Å². The van der Waals surface area contributed by atoms with E-state index >= 15 is 0 Å². The predicted octanol–water partition coefficient (Wildman–Crippen LogP) is 2.34. The molecule has 1 aromatic rings. The van der Waals surface area contributed by atoms with Crippen LogP contribution in [0.15, 0.2) is 24.3 Å². The summed E-state index contributed by atoms with van der Waals surface area (Å²) in [6.07, 6.45) is 2.04. The standard InChI is InChI=1S/C15H19NO3S/c1-10-7-16(8-13(10)15(18)19)14(17)12-5-3-11(4-6-12)9-20-2/h3-6,10,13H,7-9H2,1-2H3,(H,18,19)/t10-,13-/m1/s1. The van der Waals surface area contributed by atoms with Crippen LogP contribution in [0.4, 0.5) is 0 Å². The molecule has 4 nitrogen and oxygen atoms in total. The van der Waals surface area contributed by atoms with Crippen LogP contribution >= 0.6 is 11.8 Å². The molecule has 1 amide bonds. The summed E-state index contributed by atoms with van der Waals surface area (Å²) in [4.78, 5) is 25.1. The Morgan fingerprint density at radius 3 is 2.45 bits per heavy atom. The zero-order valence-corrected chi connectivity index (χ0v) is 12.5. The van der Waals surface area contributed by atoms with Crippen molar-refractivity contribution in [3.8, 4) is 0 Å². The van der Waals surface area contributed by atoms with Crippen LogP contribution in [0, 0.1) is 11.8 Å². The summed E-state index contributed by atoms with van der Waals surface area (Å²) in [7, 11) is 0. The van der Waals surface area contributed by atoms with Gasteiger partial charge >= 0.3 is 5.97 Å². The number of carboxylic acid groups (broad SMARTS) is 1. The first-order chi connectivity index (χ1) is 9.52. The number of likely N-dealkylation sites (tertiary alicyclic amines) is 1. The van der Waals surface area contributed by atoms with Gasteiger partial charge in [-0.2, -0.15) is 11.8 Å². The highest BCUT2D eigenvalue weighted by Crippen LogP contribution is 2.24. The highest BCUT2D eigenvalue weighted by atomic mass is 32.2. The Morgan fingerprint density at radius 1 is 1.30 bits per heavy atom. The van der Waals surface area contributed by atoms with Crippen molar-refractivity contribution in [1.82, 2.24) is 4.90 Å². The highest BCUT2D eigenvalue weighted by Gasteiger charge is 2.37. The van der Waals surface area contributed by atoms with Gasteiger partial charge in [-0.05, 0) is 29.9 Å². The Morgan fingerprint density at radius 2 is 1.95 bits per heavy atom. The van der Waals surface area contributed by atoms with Gasteiger partial charge in [0.1, 0.15) is 0 Å². The van der Waals surface area contributed by atoms with Crippen molar-refractivity contribution in [3.05, 3.63) is 35.4 Å². The van der Waals surface area contributed by atoms with Gasteiger partial charge in [-0.25, -0.2) is 0 Å². The fourth-order valence-electron chi connectivity index (χ4n) is 2.55. The Balaban J connectivity index is 2.06. The number of hydrogen-bond acceptors (Lipinski definition) is 3. The number of nitrogens with zero attached hydrogens (tertiary/aromatic N) is 1. The molecular formula is C15H19NO3S. The van der Waals surface area contributed by atoms with E-state index in [0.29, 0.717) is 18.7 Å². The molecular weight excluding hydrogens is 274 g/mol. The van der Waals surface area contributed by atoms with Gasteiger partial charge in [0.05, 0.1) is 5.92 Å². The van der Waals surface area contributed by atoms with Crippen LogP contribution in [0.1, 0.15) is 22.8 Å². The van der Waals surface area contributed by atoms with E-state index in [1.807, 2.05) is 37.4 Å². The zero-order chi connectivity index (χ0) is 14.7. The fraction of sp³-hybridized carbons (Fsp3) is 0.467. The number of benzene rings is 1. The average molecular weight is 293 g/mol. The van der Waals surface area contributed by atoms with E-state index < -0.39 is 11.9 Å². The van der Waals surface area contributed by atoms with Crippen molar-refractivity contribution in [2.24, 2.45) is 11.8 Å². The van der Waals surface area contributed by atoms with Crippen molar-refractivity contribution in [2.45, 2.75) is 12.7 Å². The third-order valence-electron chi connectivity index (χ3n) is 3.73. The van der Waals surface area contributed by atoms with E-state index in [9.17, 15) is 9.59 Å². The van der Waals surface area contributed by atoms with Crippen LogP contribution in [0.5, 0.6) is 0 Å². The topological polar surface area (TPSA) is 57.6 Å². The SMILES string of the molecule is CSCc1ccc(C(=O)N2C[C@@H](C)[C@H](C(=O)O)C2)cc1. The number of thioether (sulfide) groups is 1. The minimum absolute atomic E-state index is 0.00668. The molecule has 5 heteroatoms. The van der Waals surface area contributed by atoms with E-state index in [-0.39, 0.29) is 11.8 Å². The minimum atomic E-state index is -0.817. The van der Waals surface area contributed by atoms with Crippen molar-refractivity contribution in [1.29, 1.82) is 0 Å². The number of carboxylic acids is 1. The molecule has 0 bridgehead atoms. The second kappa shape index (κ2) is 6.31. The largest absolute Gasteiger partial charge is 0.481 e. The Hall–Kier alpha value is -1.49. The number of carbonyl (C=O) groups is 2. The first kappa shape index (κ1) is 14.9. The van der Waals surface area contributed by atoms with Gasteiger partial charge in [-0.15, -0.1) is 0 Å². The van der Waals surface area contributed by atoms with Crippen LogP contribution in [0.2, 0.25) is 0 Å².